The molecule has 0 aliphatic rings. The van der Waals surface area contributed by atoms with Gasteiger partial charge < -0.3 is 5.32 Å². The van der Waals surface area contributed by atoms with Crippen LogP contribution in [0.5, 0.6) is 0 Å². The van der Waals surface area contributed by atoms with Crippen LogP contribution in [0.3, 0.4) is 0 Å². The minimum atomic E-state index is -0.686. The molecule has 98 valence electrons. The number of nitrogens with one attached hydrogen (secondary N) is 1. The van der Waals surface area contributed by atoms with Gasteiger partial charge in [0.2, 0.25) is 5.95 Å². The first kappa shape index (κ1) is 12.2. The minimum absolute atomic E-state index is 0.0259. The number of halogens is 1. The van der Waals surface area contributed by atoms with Crippen LogP contribution < -0.4 is 5.32 Å². The van der Waals surface area contributed by atoms with Crippen LogP contribution >= 0.6 is 0 Å². The molecule has 0 aliphatic heterocycles. The third-order valence-electron chi connectivity index (χ3n) is 2.83. The monoisotopic (exact) mass is 267 g/mol. The van der Waals surface area contributed by atoms with Crippen molar-refractivity contribution in [2.75, 3.05) is 5.32 Å². The van der Waals surface area contributed by atoms with E-state index in [0.29, 0.717) is 11.2 Å². The second-order valence-corrected chi connectivity index (χ2v) is 4.18. The Hall–Kier alpha value is -2.82. The molecule has 0 atom stereocenters. The fourth-order valence-electron chi connectivity index (χ4n) is 1.93. The number of anilines is 1. The van der Waals surface area contributed by atoms with Gasteiger partial charge in [0.1, 0.15) is 5.69 Å². The summed E-state index contributed by atoms with van der Waals surface area (Å²) in [5, 5.41) is 3.61. The fourth-order valence-corrected chi connectivity index (χ4v) is 1.93. The highest BCUT2D eigenvalue weighted by atomic mass is 19.1. The molecule has 0 radical (unpaired) electrons. The summed E-state index contributed by atoms with van der Waals surface area (Å²) >= 11 is 0. The number of hydrogen-bond donors (Lipinski definition) is 1. The predicted molar refractivity (Wildman–Crippen MR) is 73.9 cm³/mol. The van der Waals surface area contributed by atoms with E-state index in [0.717, 1.165) is 5.39 Å². The zero-order chi connectivity index (χ0) is 13.9. The molecular weight excluding hydrogens is 257 g/mol. The van der Waals surface area contributed by atoms with E-state index in [1.54, 1.807) is 12.3 Å². The van der Waals surface area contributed by atoms with Crippen molar-refractivity contribution in [3.05, 3.63) is 66.4 Å². The predicted octanol–water partition coefficient (Wildman–Crippen LogP) is 3.02. The fraction of sp³-hybridized carbons (Fsp3) is 0. The molecule has 5 heteroatoms. The first-order valence-corrected chi connectivity index (χ1v) is 6.02. The standard InChI is InChI=1S/C15H10FN3O/c16-13-8-2-7-12(18-13)15(20)19-11-6-1-4-10-5-3-9-17-14(10)11/h1-9H,(H,19,20). The molecular formula is C15H10FN3O. The number of para-hydroxylation sites is 1. The van der Waals surface area contributed by atoms with Crippen LogP contribution in [-0.4, -0.2) is 15.9 Å². The number of carbonyl (C=O) groups is 1. The molecule has 0 saturated carbocycles. The van der Waals surface area contributed by atoms with Crippen LogP contribution in [0, 0.1) is 5.95 Å². The molecule has 2 aromatic heterocycles. The number of amides is 1. The number of benzene rings is 1. The number of fused-ring (bicyclic) bond motifs is 1. The molecule has 0 unspecified atom stereocenters. The van der Waals surface area contributed by atoms with E-state index in [1.165, 1.54) is 18.2 Å². The molecule has 0 aliphatic carbocycles. The summed E-state index contributed by atoms with van der Waals surface area (Å²) in [7, 11) is 0. The molecule has 3 aromatic rings. The summed E-state index contributed by atoms with van der Waals surface area (Å²) in [5.74, 6) is -1.16. The maximum absolute atomic E-state index is 13.0. The van der Waals surface area contributed by atoms with E-state index in [-0.39, 0.29) is 5.69 Å². The van der Waals surface area contributed by atoms with Gasteiger partial charge in [-0.05, 0) is 24.3 Å². The van der Waals surface area contributed by atoms with E-state index in [9.17, 15) is 9.18 Å². The molecule has 0 saturated heterocycles. The number of hydrogen-bond acceptors (Lipinski definition) is 3. The van der Waals surface area contributed by atoms with Crippen molar-refractivity contribution in [2.24, 2.45) is 0 Å². The number of pyridine rings is 2. The molecule has 4 nitrogen and oxygen atoms in total. The SMILES string of the molecule is O=C(Nc1cccc2cccnc12)c1cccc(F)n1. The summed E-state index contributed by atoms with van der Waals surface area (Å²) in [6.45, 7) is 0. The van der Waals surface area contributed by atoms with Crippen LogP contribution in [0.4, 0.5) is 10.1 Å². The Balaban J connectivity index is 1.95. The average molecular weight is 267 g/mol. The van der Waals surface area contributed by atoms with Crippen molar-refractivity contribution >= 4 is 22.5 Å². The van der Waals surface area contributed by atoms with Gasteiger partial charge in [-0.1, -0.05) is 24.3 Å². The van der Waals surface area contributed by atoms with E-state index >= 15 is 0 Å². The third-order valence-corrected chi connectivity index (χ3v) is 2.83. The van der Waals surface area contributed by atoms with Crippen molar-refractivity contribution in [1.82, 2.24) is 9.97 Å². The normalized spacial score (nSPS) is 10.4. The van der Waals surface area contributed by atoms with Gasteiger partial charge in [-0.15, -0.1) is 0 Å². The smallest absolute Gasteiger partial charge is 0.274 e. The number of aromatic nitrogens is 2. The molecule has 1 aromatic carbocycles. The molecule has 1 N–H and O–H groups in total. The Labute approximate surface area is 114 Å². The lowest BCUT2D eigenvalue weighted by molar-refractivity contribution is 0.102. The Kier molecular flexibility index (Phi) is 3.09. The van der Waals surface area contributed by atoms with Gasteiger partial charge in [-0.25, -0.2) is 4.98 Å². The van der Waals surface area contributed by atoms with Gasteiger partial charge in [-0.2, -0.15) is 4.39 Å². The first-order chi connectivity index (χ1) is 9.74. The van der Waals surface area contributed by atoms with Crippen molar-refractivity contribution in [3.8, 4) is 0 Å². The van der Waals surface area contributed by atoms with Gasteiger partial charge in [0, 0.05) is 11.6 Å². The minimum Gasteiger partial charge on any atom is -0.319 e. The lowest BCUT2D eigenvalue weighted by atomic mass is 10.2. The second-order valence-electron chi connectivity index (χ2n) is 4.18. The molecule has 1 amide bonds. The summed E-state index contributed by atoms with van der Waals surface area (Å²) in [5.41, 5.74) is 1.27. The topological polar surface area (TPSA) is 54.9 Å². The van der Waals surface area contributed by atoms with Gasteiger partial charge in [-0.3, -0.25) is 9.78 Å². The Morgan fingerprint density at radius 1 is 1.05 bits per heavy atom. The summed E-state index contributed by atoms with van der Waals surface area (Å²) in [6.07, 6.45) is 1.65. The van der Waals surface area contributed by atoms with E-state index < -0.39 is 11.9 Å². The van der Waals surface area contributed by atoms with Crippen molar-refractivity contribution in [1.29, 1.82) is 0 Å². The molecule has 0 fully saturated rings. The first-order valence-electron chi connectivity index (χ1n) is 6.02. The van der Waals surface area contributed by atoms with E-state index in [4.69, 9.17) is 0 Å². The third kappa shape index (κ3) is 2.33. The van der Waals surface area contributed by atoms with Crippen molar-refractivity contribution < 1.29 is 9.18 Å². The van der Waals surface area contributed by atoms with Crippen LogP contribution in [0.2, 0.25) is 0 Å². The summed E-state index contributed by atoms with van der Waals surface area (Å²) < 4.78 is 13.0. The van der Waals surface area contributed by atoms with Gasteiger partial charge in [0.15, 0.2) is 0 Å². The Morgan fingerprint density at radius 3 is 2.70 bits per heavy atom. The summed E-state index contributed by atoms with van der Waals surface area (Å²) in [6, 6.07) is 13.3. The maximum Gasteiger partial charge on any atom is 0.274 e. The Morgan fingerprint density at radius 2 is 1.85 bits per heavy atom. The van der Waals surface area contributed by atoms with Crippen LogP contribution in [-0.2, 0) is 0 Å². The lowest BCUT2D eigenvalue weighted by Crippen LogP contribution is -2.14. The van der Waals surface area contributed by atoms with Gasteiger partial charge >= 0.3 is 0 Å². The van der Waals surface area contributed by atoms with Gasteiger partial charge in [0.05, 0.1) is 11.2 Å². The highest BCUT2D eigenvalue weighted by molar-refractivity contribution is 6.07. The quantitative estimate of drug-likeness (QED) is 0.726. The van der Waals surface area contributed by atoms with E-state index in [2.05, 4.69) is 15.3 Å². The van der Waals surface area contributed by atoms with E-state index in [1.807, 2.05) is 24.3 Å². The second kappa shape index (κ2) is 5.05. The highest BCUT2D eigenvalue weighted by Crippen LogP contribution is 2.21. The Bertz CT molecular complexity index is 783. The lowest BCUT2D eigenvalue weighted by Gasteiger charge is -2.07. The largest absolute Gasteiger partial charge is 0.319 e. The molecule has 2 heterocycles. The van der Waals surface area contributed by atoms with Crippen molar-refractivity contribution in [2.45, 2.75) is 0 Å². The number of nitrogens with zero attached hydrogens (tertiary/aromatic N) is 2. The van der Waals surface area contributed by atoms with Crippen LogP contribution in [0.15, 0.2) is 54.7 Å². The van der Waals surface area contributed by atoms with Crippen LogP contribution in [0.1, 0.15) is 10.5 Å². The maximum atomic E-state index is 13.0. The average Bonchev–Trinajstić information content (AvgIpc) is 2.47. The zero-order valence-electron chi connectivity index (χ0n) is 10.4. The van der Waals surface area contributed by atoms with Gasteiger partial charge in [0.25, 0.3) is 5.91 Å². The molecule has 0 bridgehead atoms. The zero-order valence-corrected chi connectivity index (χ0v) is 10.4. The number of carbonyl (C=O) groups excluding carboxylic acids is 1. The summed E-state index contributed by atoms with van der Waals surface area (Å²) in [4.78, 5) is 19.8. The van der Waals surface area contributed by atoms with Crippen LogP contribution in [0.25, 0.3) is 10.9 Å². The molecule has 3 rings (SSSR count). The highest BCUT2D eigenvalue weighted by Gasteiger charge is 2.10. The number of rotatable bonds is 2. The molecule has 20 heavy (non-hydrogen) atoms. The van der Waals surface area contributed by atoms with Crippen molar-refractivity contribution in [3.63, 3.8) is 0 Å². The molecule has 0 spiro atoms.